The van der Waals surface area contributed by atoms with Crippen molar-refractivity contribution in [3.05, 3.63) is 76.5 Å². The molecule has 5 nitrogen and oxygen atoms in total. The molecule has 1 N–H and O–H groups in total. The molecule has 0 bridgehead atoms. The molecule has 2 aromatic rings. The standard InChI is InChI=1S/C25H25NO4/c1-15(2)16-6-8-17(9-7-16)20-14-23(28)26(21-4-3-5-22(27)24(20)21)19-12-10-18(11-13-19)25(29)30/h6-13,15,20H,3-5,14H2,1-2H3,(H,29,30). The third-order valence-corrected chi connectivity index (χ3v) is 6.05. The van der Waals surface area contributed by atoms with E-state index in [2.05, 4.69) is 26.0 Å². The maximum absolute atomic E-state index is 13.2. The molecule has 154 valence electrons. The maximum Gasteiger partial charge on any atom is 0.335 e. The molecule has 1 aliphatic carbocycles. The van der Waals surface area contributed by atoms with E-state index in [1.165, 1.54) is 17.7 Å². The summed E-state index contributed by atoms with van der Waals surface area (Å²) in [6.45, 7) is 4.27. The van der Waals surface area contributed by atoms with E-state index in [1.54, 1.807) is 17.0 Å². The van der Waals surface area contributed by atoms with Gasteiger partial charge >= 0.3 is 5.97 Å². The summed E-state index contributed by atoms with van der Waals surface area (Å²) in [6.07, 6.45) is 2.10. The molecular weight excluding hydrogens is 378 g/mol. The van der Waals surface area contributed by atoms with E-state index in [0.717, 1.165) is 16.8 Å². The zero-order valence-electron chi connectivity index (χ0n) is 17.2. The van der Waals surface area contributed by atoms with Crippen molar-refractivity contribution in [2.45, 2.75) is 51.4 Å². The molecular formula is C25H25NO4. The highest BCUT2D eigenvalue weighted by molar-refractivity contribution is 6.07. The summed E-state index contributed by atoms with van der Waals surface area (Å²) in [6, 6.07) is 14.5. The van der Waals surface area contributed by atoms with Crippen molar-refractivity contribution in [3.8, 4) is 0 Å². The van der Waals surface area contributed by atoms with Crippen molar-refractivity contribution >= 4 is 23.3 Å². The van der Waals surface area contributed by atoms with Crippen LogP contribution in [0.15, 0.2) is 59.8 Å². The number of carbonyl (C=O) groups excluding carboxylic acids is 2. The average molecular weight is 403 g/mol. The van der Waals surface area contributed by atoms with Gasteiger partial charge in [0.2, 0.25) is 5.91 Å². The largest absolute Gasteiger partial charge is 0.478 e. The minimum absolute atomic E-state index is 0.0653. The molecule has 0 saturated carbocycles. The van der Waals surface area contributed by atoms with Crippen molar-refractivity contribution < 1.29 is 19.5 Å². The Bertz CT molecular complexity index is 1030. The van der Waals surface area contributed by atoms with Gasteiger partial charge in [0.05, 0.1) is 5.56 Å². The van der Waals surface area contributed by atoms with Gasteiger partial charge < -0.3 is 5.11 Å². The van der Waals surface area contributed by atoms with E-state index in [0.29, 0.717) is 30.9 Å². The number of allylic oxidation sites excluding steroid dienone is 2. The van der Waals surface area contributed by atoms with Gasteiger partial charge in [0, 0.05) is 35.7 Å². The Hall–Kier alpha value is -3.21. The lowest BCUT2D eigenvalue weighted by atomic mass is 9.77. The monoisotopic (exact) mass is 403 g/mol. The normalized spacial score (nSPS) is 19.3. The summed E-state index contributed by atoms with van der Waals surface area (Å²) in [5.74, 6) is -0.777. The number of benzene rings is 2. The second-order valence-electron chi connectivity index (χ2n) is 8.30. The van der Waals surface area contributed by atoms with Crippen molar-refractivity contribution in [2.75, 3.05) is 4.90 Å². The smallest absolute Gasteiger partial charge is 0.335 e. The van der Waals surface area contributed by atoms with Crippen molar-refractivity contribution in [3.63, 3.8) is 0 Å². The summed E-state index contributed by atoms with van der Waals surface area (Å²) in [7, 11) is 0. The maximum atomic E-state index is 13.2. The molecule has 1 aliphatic heterocycles. The number of rotatable bonds is 4. The number of aromatic carboxylic acids is 1. The number of anilines is 1. The number of nitrogens with zero attached hydrogens (tertiary/aromatic N) is 1. The Morgan fingerprint density at radius 2 is 1.67 bits per heavy atom. The molecule has 5 heteroatoms. The highest BCUT2D eigenvalue weighted by Crippen LogP contribution is 2.43. The van der Waals surface area contributed by atoms with Crippen LogP contribution >= 0.6 is 0 Å². The topological polar surface area (TPSA) is 74.7 Å². The molecule has 0 aromatic heterocycles. The van der Waals surface area contributed by atoms with Crippen LogP contribution in [-0.4, -0.2) is 22.8 Å². The third kappa shape index (κ3) is 3.56. The Labute approximate surface area is 176 Å². The first-order chi connectivity index (χ1) is 14.4. The molecule has 4 rings (SSSR count). The van der Waals surface area contributed by atoms with Crippen LogP contribution in [0.5, 0.6) is 0 Å². The number of hydrogen-bond donors (Lipinski definition) is 1. The fourth-order valence-corrected chi connectivity index (χ4v) is 4.44. The van der Waals surface area contributed by atoms with Crippen LogP contribution in [0.2, 0.25) is 0 Å². The molecule has 0 saturated heterocycles. The average Bonchev–Trinajstić information content (AvgIpc) is 2.73. The lowest BCUT2D eigenvalue weighted by molar-refractivity contribution is -0.119. The number of hydrogen-bond acceptors (Lipinski definition) is 3. The lowest BCUT2D eigenvalue weighted by Crippen LogP contribution is -2.40. The number of carbonyl (C=O) groups is 3. The van der Waals surface area contributed by atoms with Crippen molar-refractivity contribution in [1.82, 2.24) is 0 Å². The van der Waals surface area contributed by atoms with Crippen molar-refractivity contribution in [2.24, 2.45) is 0 Å². The predicted octanol–water partition coefficient (Wildman–Crippen LogP) is 5.04. The second kappa shape index (κ2) is 7.90. The minimum Gasteiger partial charge on any atom is -0.478 e. The lowest BCUT2D eigenvalue weighted by Gasteiger charge is -2.38. The zero-order valence-corrected chi connectivity index (χ0v) is 17.2. The summed E-state index contributed by atoms with van der Waals surface area (Å²) in [4.78, 5) is 38.9. The highest BCUT2D eigenvalue weighted by Gasteiger charge is 2.39. The molecule has 1 atom stereocenters. The fraction of sp³-hybridized carbons (Fsp3) is 0.320. The fourth-order valence-electron chi connectivity index (χ4n) is 4.44. The molecule has 1 heterocycles. The Kier molecular flexibility index (Phi) is 5.29. The van der Waals surface area contributed by atoms with Crippen LogP contribution in [0, 0.1) is 0 Å². The van der Waals surface area contributed by atoms with Crippen LogP contribution in [0.4, 0.5) is 5.69 Å². The number of carboxylic acid groups (broad SMARTS) is 1. The van der Waals surface area contributed by atoms with Gasteiger partial charge in [-0.1, -0.05) is 38.1 Å². The van der Waals surface area contributed by atoms with Gasteiger partial charge in [-0.05, 0) is 54.2 Å². The number of Topliss-reactive ketones (excluding diaryl/α,β-unsaturated/α-hetero) is 1. The SMILES string of the molecule is CC(C)c1ccc(C2CC(=O)N(c3ccc(C(=O)O)cc3)C3=C2C(=O)CCC3)cc1. The highest BCUT2D eigenvalue weighted by atomic mass is 16.4. The Balaban J connectivity index is 1.77. The van der Waals surface area contributed by atoms with Crippen LogP contribution < -0.4 is 4.90 Å². The van der Waals surface area contributed by atoms with E-state index in [4.69, 9.17) is 5.11 Å². The molecule has 1 amide bonds. The molecule has 2 aliphatic rings. The van der Waals surface area contributed by atoms with Crippen LogP contribution in [0.1, 0.15) is 72.9 Å². The summed E-state index contributed by atoms with van der Waals surface area (Å²) < 4.78 is 0. The molecule has 30 heavy (non-hydrogen) atoms. The quantitative estimate of drug-likeness (QED) is 0.776. The van der Waals surface area contributed by atoms with E-state index in [1.807, 2.05) is 12.1 Å². The van der Waals surface area contributed by atoms with Gasteiger partial charge in [0.25, 0.3) is 0 Å². The zero-order chi connectivity index (χ0) is 21.4. The summed E-state index contributed by atoms with van der Waals surface area (Å²) >= 11 is 0. The Morgan fingerprint density at radius 3 is 2.27 bits per heavy atom. The molecule has 2 aromatic carbocycles. The van der Waals surface area contributed by atoms with Crippen LogP contribution in [0.25, 0.3) is 0 Å². The number of ketones is 1. The van der Waals surface area contributed by atoms with Gasteiger partial charge in [-0.3, -0.25) is 14.5 Å². The first kappa shape index (κ1) is 20.1. The predicted molar refractivity (Wildman–Crippen MR) is 115 cm³/mol. The summed E-state index contributed by atoms with van der Waals surface area (Å²) in [5, 5.41) is 9.14. The van der Waals surface area contributed by atoms with Gasteiger partial charge in [-0.15, -0.1) is 0 Å². The van der Waals surface area contributed by atoms with Crippen LogP contribution in [-0.2, 0) is 9.59 Å². The summed E-state index contributed by atoms with van der Waals surface area (Å²) in [5.41, 5.74) is 4.51. The van der Waals surface area contributed by atoms with E-state index >= 15 is 0 Å². The molecule has 0 fully saturated rings. The van der Waals surface area contributed by atoms with E-state index in [9.17, 15) is 14.4 Å². The number of amides is 1. The molecule has 0 radical (unpaired) electrons. The third-order valence-electron chi connectivity index (χ3n) is 6.05. The van der Waals surface area contributed by atoms with Gasteiger partial charge in [-0.2, -0.15) is 0 Å². The number of carboxylic acids is 1. The van der Waals surface area contributed by atoms with Gasteiger partial charge in [0.15, 0.2) is 5.78 Å². The molecule has 1 unspecified atom stereocenters. The van der Waals surface area contributed by atoms with Crippen LogP contribution in [0.3, 0.4) is 0 Å². The first-order valence-electron chi connectivity index (χ1n) is 10.4. The minimum atomic E-state index is -1.01. The Morgan fingerprint density at radius 1 is 1.00 bits per heavy atom. The second-order valence-corrected chi connectivity index (χ2v) is 8.30. The van der Waals surface area contributed by atoms with E-state index in [-0.39, 0.29) is 29.6 Å². The first-order valence-corrected chi connectivity index (χ1v) is 10.4. The van der Waals surface area contributed by atoms with Gasteiger partial charge in [0.1, 0.15) is 0 Å². The molecule has 0 spiro atoms. The van der Waals surface area contributed by atoms with E-state index < -0.39 is 5.97 Å². The van der Waals surface area contributed by atoms with Crippen molar-refractivity contribution in [1.29, 1.82) is 0 Å². The van der Waals surface area contributed by atoms with Gasteiger partial charge in [-0.25, -0.2) is 4.79 Å².